The van der Waals surface area contributed by atoms with E-state index < -0.39 is 30.2 Å². The van der Waals surface area contributed by atoms with Gasteiger partial charge < -0.3 is 10.0 Å². The van der Waals surface area contributed by atoms with Gasteiger partial charge in [0.05, 0.1) is 23.0 Å². The van der Waals surface area contributed by atoms with Crippen LogP contribution in [0.25, 0.3) is 5.82 Å². The first-order chi connectivity index (χ1) is 12.6. The van der Waals surface area contributed by atoms with E-state index in [4.69, 9.17) is 5.11 Å². The lowest BCUT2D eigenvalue weighted by Crippen LogP contribution is -2.35. The number of halogens is 3. The first-order valence-electron chi connectivity index (χ1n) is 8.18. The van der Waals surface area contributed by atoms with E-state index in [0.717, 1.165) is 11.0 Å². The fourth-order valence-corrected chi connectivity index (χ4v) is 2.60. The van der Waals surface area contributed by atoms with E-state index in [1.807, 2.05) is 0 Å². The van der Waals surface area contributed by atoms with Gasteiger partial charge in [0.2, 0.25) is 0 Å². The van der Waals surface area contributed by atoms with Crippen LogP contribution in [0.4, 0.5) is 13.2 Å². The van der Waals surface area contributed by atoms with Crippen LogP contribution in [0.1, 0.15) is 48.3 Å². The first kappa shape index (κ1) is 20.4. The zero-order valence-electron chi connectivity index (χ0n) is 15.0. The van der Waals surface area contributed by atoms with Gasteiger partial charge in [0.25, 0.3) is 5.91 Å². The van der Waals surface area contributed by atoms with E-state index in [1.165, 1.54) is 16.9 Å². The van der Waals surface area contributed by atoms with E-state index in [-0.39, 0.29) is 23.8 Å². The molecule has 2 aromatic rings. The number of nitrogens with zero attached hydrogens (tertiary/aromatic N) is 4. The fourth-order valence-electron chi connectivity index (χ4n) is 2.60. The van der Waals surface area contributed by atoms with Gasteiger partial charge in [-0.25, -0.2) is 9.67 Å². The van der Waals surface area contributed by atoms with Gasteiger partial charge in [0, 0.05) is 12.7 Å². The third-order valence-electron chi connectivity index (χ3n) is 3.87. The number of aliphatic carboxylic acids is 1. The van der Waals surface area contributed by atoms with Gasteiger partial charge in [-0.3, -0.25) is 9.59 Å². The van der Waals surface area contributed by atoms with Crippen molar-refractivity contribution >= 4 is 11.9 Å². The Morgan fingerprint density at radius 3 is 2.37 bits per heavy atom. The predicted molar refractivity (Wildman–Crippen MR) is 89.7 cm³/mol. The summed E-state index contributed by atoms with van der Waals surface area (Å²) in [7, 11) is 0. The third-order valence-corrected chi connectivity index (χ3v) is 3.87. The molecule has 7 nitrogen and oxygen atoms in total. The molecule has 1 amide bonds. The van der Waals surface area contributed by atoms with Crippen molar-refractivity contribution < 1.29 is 27.9 Å². The molecule has 0 radical (unpaired) electrons. The van der Waals surface area contributed by atoms with Crippen LogP contribution in [0, 0.1) is 0 Å². The summed E-state index contributed by atoms with van der Waals surface area (Å²) in [5.74, 6) is -1.74. The average molecular weight is 384 g/mol. The number of carbonyl (C=O) groups excluding carboxylic acids is 1. The van der Waals surface area contributed by atoms with Gasteiger partial charge in [-0.2, -0.15) is 18.3 Å². The number of carboxylic acids is 1. The van der Waals surface area contributed by atoms with Crippen molar-refractivity contribution in [1.29, 1.82) is 0 Å². The number of carbonyl (C=O) groups is 2. The number of hydrogen-bond donors (Lipinski definition) is 1. The van der Waals surface area contributed by atoms with Gasteiger partial charge in [-0.15, -0.1) is 0 Å². The number of alkyl halides is 3. The molecule has 0 aliphatic rings. The van der Waals surface area contributed by atoms with Crippen LogP contribution < -0.4 is 0 Å². The highest BCUT2D eigenvalue weighted by atomic mass is 19.4. The first-order valence-corrected chi connectivity index (χ1v) is 8.18. The number of rotatable bonds is 6. The minimum atomic E-state index is -4.50. The van der Waals surface area contributed by atoms with Crippen molar-refractivity contribution in [2.24, 2.45) is 0 Å². The third kappa shape index (κ3) is 4.44. The second-order valence-corrected chi connectivity index (χ2v) is 6.13. The second kappa shape index (κ2) is 7.77. The molecule has 2 aromatic heterocycles. The van der Waals surface area contributed by atoms with Gasteiger partial charge in [0.15, 0.2) is 5.82 Å². The summed E-state index contributed by atoms with van der Waals surface area (Å²) in [5, 5.41) is 13.0. The Bertz CT molecular complexity index is 829. The minimum Gasteiger partial charge on any atom is -0.480 e. The van der Waals surface area contributed by atoms with Crippen molar-refractivity contribution in [3.8, 4) is 5.82 Å². The largest absolute Gasteiger partial charge is 0.480 e. The standard InChI is InChI=1S/C17H19F3N4O3/c1-4-23(9-14(25)26)16(27)12-8-22-24(15(12)10(2)3)13-6-5-11(7-21-13)17(18,19)20/h5-8,10H,4,9H2,1-3H3,(H,25,26). The molecule has 0 aromatic carbocycles. The minimum absolute atomic E-state index is 0.132. The Morgan fingerprint density at radius 2 is 1.93 bits per heavy atom. The number of likely N-dealkylation sites (N-methyl/N-ethyl adjacent to an activating group) is 1. The molecule has 0 unspecified atom stereocenters. The van der Waals surface area contributed by atoms with Crippen LogP contribution in [-0.4, -0.2) is 49.7 Å². The average Bonchev–Trinajstić information content (AvgIpc) is 3.03. The summed E-state index contributed by atoms with van der Waals surface area (Å²) in [6.45, 7) is 4.96. The van der Waals surface area contributed by atoms with Gasteiger partial charge in [-0.05, 0) is 25.0 Å². The Balaban J connectivity index is 2.46. The van der Waals surface area contributed by atoms with Crippen molar-refractivity contribution in [2.75, 3.05) is 13.1 Å². The highest BCUT2D eigenvalue weighted by Crippen LogP contribution is 2.29. The number of aromatic nitrogens is 3. The van der Waals surface area contributed by atoms with Gasteiger partial charge >= 0.3 is 12.1 Å². The second-order valence-electron chi connectivity index (χ2n) is 6.13. The molecule has 0 saturated carbocycles. The zero-order valence-corrected chi connectivity index (χ0v) is 15.0. The van der Waals surface area contributed by atoms with Crippen molar-refractivity contribution in [3.05, 3.63) is 41.3 Å². The summed E-state index contributed by atoms with van der Waals surface area (Å²) in [6, 6.07) is 2.06. The molecule has 0 atom stereocenters. The molecule has 27 heavy (non-hydrogen) atoms. The van der Waals surface area contributed by atoms with E-state index in [9.17, 15) is 22.8 Å². The molecule has 0 aliphatic heterocycles. The number of pyridine rings is 1. The summed E-state index contributed by atoms with van der Waals surface area (Å²) in [4.78, 5) is 28.6. The molecule has 10 heteroatoms. The highest BCUT2D eigenvalue weighted by molar-refractivity contribution is 5.97. The molecule has 146 valence electrons. The molecule has 0 bridgehead atoms. The zero-order chi connectivity index (χ0) is 20.4. The van der Waals surface area contributed by atoms with E-state index in [0.29, 0.717) is 11.9 Å². The van der Waals surface area contributed by atoms with E-state index in [2.05, 4.69) is 10.1 Å². The van der Waals surface area contributed by atoms with Crippen molar-refractivity contribution in [3.63, 3.8) is 0 Å². The summed E-state index contributed by atoms with van der Waals surface area (Å²) >= 11 is 0. The van der Waals surface area contributed by atoms with Crippen molar-refractivity contribution in [1.82, 2.24) is 19.7 Å². The van der Waals surface area contributed by atoms with Gasteiger partial charge in [-0.1, -0.05) is 13.8 Å². The number of carboxylic acid groups (broad SMARTS) is 1. The quantitative estimate of drug-likeness (QED) is 0.827. The van der Waals surface area contributed by atoms with Crippen LogP contribution in [-0.2, 0) is 11.0 Å². The Labute approximate surface area is 153 Å². The molecule has 2 heterocycles. The Morgan fingerprint density at radius 1 is 1.26 bits per heavy atom. The Hall–Kier alpha value is -2.91. The van der Waals surface area contributed by atoms with Crippen LogP contribution in [0.3, 0.4) is 0 Å². The predicted octanol–water partition coefficient (Wildman–Crippen LogP) is 2.96. The maximum Gasteiger partial charge on any atom is 0.417 e. The van der Waals surface area contributed by atoms with E-state index >= 15 is 0 Å². The monoisotopic (exact) mass is 384 g/mol. The number of amides is 1. The smallest absolute Gasteiger partial charge is 0.417 e. The molecule has 0 fully saturated rings. The summed E-state index contributed by atoms with van der Waals surface area (Å²) in [6.07, 6.45) is -2.52. The van der Waals surface area contributed by atoms with Crippen LogP contribution >= 0.6 is 0 Å². The summed E-state index contributed by atoms with van der Waals surface area (Å²) < 4.78 is 39.4. The number of hydrogen-bond acceptors (Lipinski definition) is 4. The molecule has 1 N–H and O–H groups in total. The SMILES string of the molecule is CCN(CC(=O)O)C(=O)c1cnn(-c2ccc(C(F)(F)F)cn2)c1C(C)C. The van der Waals surface area contributed by atoms with Crippen LogP contribution in [0.15, 0.2) is 24.5 Å². The molecule has 0 saturated heterocycles. The van der Waals surface area contributed by atoms with Crippen LogP contribution in [0.2, 0.25) is 0 Å². The maximum absolute atomic E-state index is 12.7. The molecular weight excluding hydrogens is 365 g/mol. The topological polar surface area (TPSA) is 88.3 Å². The van der Waals surface area contributed by atoms with Crippen LogP contribution in [0.5, 0.6) is 0 Å². The van der Waals surface area contributed by atoms with Gasteiger partial charge in [0.1, 0.15) is 6.54 Å². The molecule has 0 spiro atoms. The fraction of sp³-hybridized carbons (Fsp3) is 0.412. The van der Waals surface area contributed by atoms with Crippen molar-refractivity contribution in [2.45, 2.75) is 32.9 Å². The lowest BCUT2D eigenvalue weighted by atomic mass is 10.0. The maximum atomic E-state index is 12.7. The molecule has 0 aliphatic carbocycles. The molecular formula is C17H19F3N4O3. The lowest BCUT2D eigenvalue weighted by molar-refractivity contribution is -0.138. The normalized spacial score (nSPS) is 11.7. The lowest BCUT2D eigenvalue weighted by Gasteiger charge is -2.19. The Kier molecular flexibility index (Phi) is 5.87. The van der Waals surface area contributed by atoms with E-state index in [1.54, 1.807) is 20.8 Å². The molecule has 2 rings (SSSR count). The highest BCUT2D eigenvalue weighted by Gasteiger charge is 2.31. The summed E-state index contributed by atoms with van der Waals surface area (Å²) in [5.41, 5.74) is -0.259.